The Hall–Kier alpha value is -6.72. The number of benzene rings is 9. The molecule has 0 fully saturated rings. The summed E-state index contributed by atoms with van der Waals surface area (Å²) in [6.07, 6.45) is 8.09. The minimum Gasteiger partial charge on any atom is -0.263 e. The molecule has 0 saturated carbocycles. The highest BCUT2D eigenvalue weighted by molar-refractivity contribution is 7.27. The molecule has 13 aromatic rings. The predicted octanol–water partition coefficient (Wildman–Crippen LogP) is 15.5. The predicted molar refractivity (Wildman–Crippen MR) is 244 cm³/mol. The molecular weight excluding hydrogens is 717 g/mol. The van der Waals surface area contributed by atoms with E-state index in [-0.39, 0.29) is 0 Å². The molecule has 258 valence electrons. The first-order valence-corrected chi connectivity index (χ1v) is 20.6. The van der Waals surface area contributed by atoms with Gasteiger partial charge in [0.05, 0.1) is 0 Å². The van der Waals surface area contributed by atoms with Crippen molar-refractivity contribution in [2.24, 2.45) is 0 Å². The van der Waals surface area contributed by atoms with E-state index >= 15 is 0 Å². The molecule has 13 rings (SSSR count). The molecule has 4 heteroatoms. The molecule has 0 N–H and O–H groups in total. The molecule has 0 aliphatic rings. The molecule has 0 unspecified atom stereocenters. The summed E-state index contributed by atoms with van der Waals surface area (Å²) in [4.78, 5) is 9.59. The quantitative estimate of drug-likeness (QED) is 0.130. The second-order valence-electron chi connectivity index (χ2n) is 14.9. The molecule has 0 spiro atoms. The fourth-order valence-electron chi connectivity index (χ4n) is 9.44. The molecule has 0 aliphatic heterocycles. The molecular formula is C52H28N2S2. The molecule has 0 saturated heterocycles. The van der Waals surface area contributed by atoms with Crippen LogP contribution in [-0.2, 0) is 0 Å². The van der Waals surface area contributed by atoms with Gasteiger partial charge in [-0.15, -0.1) is 22.7 Å². The van der Waals surface area contributed by atoms with Crippen LogP contribution in [0.4, 0.5) is 0 Å². The van der Waals surface area contributed by atoms with E-state index in [2.05, 4.69) is 158 Å². The Balaban J connectivity index is 1.22. The number of nitrogens with zero attached hydrogens (tertiary/aromatic N) is 2. The maximum Gasteiger partial charge on any atom is 0.0440 e. The number of pyridine rings is 2. The van der Waals surface area contributed by atoms with Gasteiger partial charge in [-0.1, -0.05) is 109 Å². The minimum atomic E-state index is 1.15. The highest BCUT2D eigenvalue weighted by Crippen LogP contribution is 2.49. The summed E-state index contributed by atoms with van der Waals surface area (Å²) in [6.45, 7) is 0. The second kappa shape index (κ2) is 11.4. The normalized spacial score (nSPS) is 12.3. The molecule has 0 bridgehead atoms. The van der Waals surface area contributed by atoms with E-state index in [0.29, 0.717) is 0 Å². The smallest absolute Gasteiger partial charge is 0.0440 e. The van der Waals surface area contributed by atoms with Gasteiger partial charge in [0, 0.05) is 97.8 Å². The van der Waals surface area contributed by atoms with Crippen LogP contribution in [0.25, 0.3) is 127 Å². The van der Waals surface area contributed by atoms with Gasteiger partial charge in [-0.25, -0.2) is 0 Å². The standard InChI is InChI=1S/C52H28N2S2/c1-3-11-33-29(9-1)25-53-27-45(33)43-23-31-21-42-32(22-41(31)37-17-19-39-35-13-5-7-15-47(35)55-51(39)49(37)43)24-44(46-28-54-26-30-10-2-4-12-34(30)46)50-38(42)18-20-40-36-14-6-8-16-48(36)56-52(40)50/h1-28H. The zero-order chi connectivity index (χ0) is 36.5. The fourth-order valence-corrected chi connectivity index (χ4v) is 12.0. The molecule has 56 heavy (non-hydrogen) atoms. The minimum absolute atomic E-state index is 1.15. The lowest BCUT2D eigenvalue weighted by atomic mass is 9.87. The van der Waals surface area contributed by atoms with Crippen molar-refractivity contribution in [3.8, 4) is 22.3 Å². The lowest BCUT2D eigenvalue weighted by Gasteiger charge is -2.17. The molecule has 0 atom stereocenters. The zero-order valence-electron chi connectivity index (χ0n) is 29.9. The van der Waals surface area contributed by atoms with Crippen LogP contribution in [0.15, 0.2) is 170 Å². The second-order valence-corrected chi connectivity index (χ2v) is 17.0. The van der Waals surface area contributed by atoms with Crippen LogP contribution in [0.1, 0.15) is 0 Å². The Morgan fingerprint density at radius 1 is 0.286 bits per heavy atom. The van der Waals surface area contributed by atoms with Gasteiger partial charge < -0.3 is 0 Å². The van der Waals surface area contributed by atoms with Gasteiger partial charge in [0.2, 0.25) is 0 Å². The summed E-state index contributed by atoms with van der Waals surface area (Å²) in [5, 5.41) is 20.0. The van der Waals surface area contributed by atoms with Gasteiger partial charge in [0.1, 0.15) is 0 Å². The van der Waals surface area contributed by atoms with Crippen LogP contribution >= 0.6 is 22.7 Å². The van der Waals surface area contributed by atoms with Gasteiger partial charge in [-0.2, -0.15) is 0 Å². The summed E-state index contributed by atoms with van der Waals surface area (Å²) in [7, 11) is 0. The monoisotopic (exact) mass is 744 g/mol. The van der Waals surface area contributed by atoms with Crippen LogP contribution in [0, 0.1) is 0 Å². The topological polar surface area (TPSA) is 25.8 Å². The average molecular weight is 745 g/mol. The van der Waals surface area contributed by atoms with E-state index in [1.165, 1.54) is 105 Å². The van der Waals surface area contributed by atoms with Gasteiger partial charge >= 0.3 is 0 Å². The molecule has 4 heterocycles. The van der Waals surface area contributed by atoms with Gasteiger partial charge in [-0.3, -0.25) is 9.97 Å². The Labute approximate surface area is 328 Å². The third-order valence-electron chi connectivity index (χ3n) is 12.0. The number of rotatable bonds is 2. The average Bonchev–Trinajstić information content (AvgIpc) is 3.83. The molecule has 9 aromatic carbocycles. The van der Waals surface area contributed by atoms with Crippen molar-refractivity contribution in [2.75, 3.05) is 0 Å². The van der Waals surface area contributed by atoms with E-state index < -0.39 is 0 Å². The van der Waals surface area contributed by atoms with Gasteiger partial charge in [0.15, 0.2) is 0 Å². The Bertz CT molecular complexity index is 3570. The lowest BCUT2D eigenvalue weighted by molar-refractivity contribution is 1.36. The Kier molecular flexibility index (Phi) is 6.23. The zero-order valence-corrected chi connectivity index (χ0v) is 31.5. The van der Waals surface area contributed by atoms with Crippen molar-refractivity contribution in [1.82, 2.24) is 9.97 Å². The van der Waals surface area contributed by atoms with E-state index in [9.17, 15) is 0 Å². The maximum atomic E-state index is 4.80. The van der Waals surface area contributed by atoms with Crippen molar-refractivity contribution in [3.05, 3.63) is 170 Å². The maximum absolute atomic E-state index is 4.80. The van der Waals surface area contributed by atoms with Crippen molar-refractivity contribution >= 4 is 128 Å². The third kappa shape index (κ3) is 4.20. The van der Waals surface area contributed by atoms with Crippen molar-refractivity contribution in [1.29, 1.82) is 0 Å². The van der Waals surface area contributed by atoms with Crippen LogP contribution in [0.5, 0.6) is 0 Å². The number of hydrogen-bond acceptors (Lipinski definition) is 4. The highest BCUT2D eigenvalue weighted by Gasteiger charge is 2.21. The van der Waals surface area contributed by atoms with Gasteiger partial charge in [-0.05, 0) is 90.6 Å². The number of fused-ring (bicyclic) bond motifs is 16. The van der Waals surface area contributed by atoms with Crippen LogP contribution in [-0.4, -0.2) is 9.97 Å². The summed E-state index contributed by atoms with van der Waals surface area (Å²) in [6, 6.07) is 54.1. The summed E-state index contributed by atoms with van der Waals surface area (Å²) >= 11 is 3.79. The molecule has 4 aromatic heterocycles. The lowest BCUT2D eigenvalue weighted by Crippen LogP contribution is -1.91. The molecule has 2 nitrogen and oxygen atoms in total. The molecule has 0 radical (unpaired) electrons. The van der Waals surface area contributed by atoms with E-state index in [4.69, 9.17) is 9.97 Å². The first-order chi connectivity index (χ1) is 27.8. The van der Waals surface area contributed by atoms with Gasteiger partial charge in [0.25, 0.3) is 0 Å². The Morgan fingerprint density at radius 2 is 0.696 bits per heavy atom. The van der Waals surface area contributed by atoms with E-state index in [0.717, 1.165) is 21.9 Å². The van der Waals surface area contributed by atoms with Crippen molar-refractivity contribution in [3.63, 3.8) is 0 Å². The molecule has 0 amide bonds. The highest BCUT2D eigenvalue weighted by atomic mass is 32.1. The van der Waals surface area contributed by atoms with Crippen LogP contribution in [0.2, 0.25) is 0 Å². The number of hydrogen-bond donors (Lipinski definition) is 0. The van der Waals surface area contributed by atoms with Crippen LogP contribution < -0.4 is 0 Å². The van der Waals surface area contributed by atoms with Crippen molar-refractivity contribution < 1.29 is 0 Å². The Morgan fingerprint density at radius 3 is 1.18 bits per heavy atom. The summed E-state index contributed by atoms with van der Waals surface area (Å²) in [5.41, 5.74) is 4.78. The largest absolute Gasteiger partial charge is 0.263 e. The fraction of sp³-hybridized carbons (Fsp3) is 0. The van der Waals surface area contributed by atoms with E-state index in [1.54, 1.807) is 0 Å². The first kappa shape index (κ1) is 30.6. The molecule has 0 aliphatic carbocycles. The third-order valence-corrected chi connectivity index (χ3v) is 14.4. The first-order valence-electron chi connectivity index (χ1n) is 18.9. The van der Waals surface area contributed by atoms with Crippen LogP contribution in [0.3, 0.4) is 0 Å². The number of thiophene rings is 2. The SMILES string of the molecule is c1ccc2c(-c3cc4cc5c(cc(-c6cncc7ccccc67)c6c5ccc5c7ccccc7sc56)cc4c4ccc5c6ccccc6sc5c34)cncc2c1. The van der Waals surface area contributed by atoms with Crippen molar-refractivity contribution in [2.45, 2.75) is 0 Å². The summed E-state index contributed by atoms with van der Waals surface area (Å²) < 4.78 is 5.26. The van der Waals surface area contributed by atoms with E-state index in [1.807, 2.05) is 35.1 Å². The number of aromatic nitrogens is 2. The summed E-state index contributed by atoms with van der Waals surface area (Å²) in [5.74, 6) is 0.